The number of carbonyl (C=O) groups is 1. The van der Waals surface area contributed by atoms with Crippen molar-refractivity contribution in [3.05, 3.63) is 35.4 Å². The molecule has 0 bridgehead atoms. The normalized spacial score (nSPS) is 12.7. The number of rotatable bonds is 9. The van der Waals surface area contributed by atoms with Crippen LogP contribution in [0.1, 0.15) is 51.7 Å². The van der Waals surface area contributed by atoms with E-state index in [1.54, 1.807) is 0 Å². The van der Waals surface area contributed by atoms with Crippen molar-refractivity contribution in [3.63, 3.8) is 0 Å². The van der Waals surface area contributed by atoms with Gasteiger partial charge in [-0.05, 0) is 43.5 Å². The van der Waals surface area contributed by atoms with Crippen LogP contribution in [0.5, 0.6) is 0 Å². The monoisotopic (exact) mass is 304 g/mol. The van der Waals surface area contributed by atoms with Gasteiger partial charge in [-0.15, -0.1) is 0 Å². The van der Waals surface area contributed by atoms with Crippen molar-refractivity contribution in [1.82, 2.24) is 10.2 Å². The maximum absolute atomic E-state index is 12.2. The summed E-state index contributed by atoms with van der Waals surface area (Å²) >= 11 is 0. The highest BCUT2D eigenvalue weighted by Gasteiger charge is 2.14. The first kappa shape index (κ1) is 18.7. The molecule has 1 rings (SSSR count). The van der Waals surface area contributed by atoms with Crippen LogP contribution in [0.2, 0.25) is 0 Å². The van der Waals surface area contributed by atoms with E-state index in [4.69, 9.17) is 0 Å². The molecular weight excluding hydrogens is 272 g/mol. The number of nitrogens with one attached hydrogen (secondary N) is 1. The zero-order valence-corrected chi connectivity index (χ0v) is 14.9. The third-order valence-corrected chi connectivity index (χ3v) is 4.14. The predicted octanol–water partition coefficient (Wildman–Crippen LogP) is 3.45. The predicted molar refractivity (Wildman–Crippen MR) is 94.2 cm³/mol. The lowest BCUT2D eigenvalue weighted by Gasteiger charge is -2.19. The van der Waals surface area contributed by atoms with Crippen molar-refractivity contribution in [2.75, 3.05) is 26.2 Å². The van der Waals surface area contributed by atoms with Gasteiger partial charge in [0.15, 0.2) is 0 Å². The summed E-state index contributed by atoms with van der Waals surface area (Å²) in [5.41, 5.74) is 2.43. The van der Waals surface area contributed by atoms with Gasteiger partial charge >= 0.3 is 0 Å². The second-order valence-corrected chi connectivity index (χ2v) is 6.38. The van der Waals surface area contributed by atoms with Crippen molar-refractivity contribution < 1.29 is 4.79 Å². The number of hydrogen-bond donors (Lipinski definition) is 1. The molecule has 0 aliphatic carbocycles. The molecule has 0 saturated carbocycles. The Morgan fingerprint density at radius 2 is 1.68 bits per heavy atom. The number of hydrogen-bond acceptors (Lipinski definition) is 2. The molecule has 0 spiro atoms. The van der Waals surface area contributed by atoms with Crippen molar-refractivity contribution in [1.29, 1.82) is 0 Å². The first-order chi connectivity index (χ1) is 10.5. The van der Waals surface area contributed by atoms with Gasteiger partial charge < -0.3 is 10.2 Å². The van der Waals surface area contributed by atoms with Gasteiger partial charge in [-0.1, -0.05) is 52.0 Å². The maximum Gasteiger partial charge on any atom is 0.227 e. The highest BCUT2D eigenvalue weighted by Crippen LogP contribution is 2.17. The van der Waals surface area contributed by atoms with Crippen LogP contribution in [0.15, 0.2) is 24.3 Å². The van der Waals surface area contributed by atoms with E-state index in [0.717, 1.165) is 38.2 Å². The Bertz CT molecular complexity index is 435. The standard InChI is InChI=1S/C19H32N2O/c1-6-21(7-2)13-12-20-19(22)16(5)18-10-8-17(9-11-18)14-15(3)4/h8-11,15-16H,6-7,12-14H2,1-5H3,(H,20,22). The molecule has 22 heavy (non-hydrogen) atoms. The number of carbonyl (C=O) groups excluding carboxylic acids is 1. The molecule has 1 atom stereocenters. The summed E-state index contributed by atoms with van der Waals surface area (Å²) in [4.78, 5) is 14.5. The van der Waals surface area contributed by atoms with E-state index >= 15 is 0 Å². The molecule has 1 N–H and O–H groups in total. The largest absolute Gasteiger partial charge is 0.354 e. The Morgan fingerprint density at radius 3 is 2.18 bits per heavy atom. The third kappa shape index (κ3) is 6.18. The van der Waals surface area contributed by atoms with Crippen LogP contribution < -0.4 is 5.32 Å². The molecule has 1 aromatic carbocycles. The van der Waals surface area contributed by atoms with E-state index in [2.05, 4.69) is 62.2 Å². The highest BCUT2D eigenvalue weighted by atomic mass is 16.1. The summed E-state index contributed by atoms with van der Waals surface area (Å²) in [5, 5.41) is 3.05. The number of likely N-dealkylation sites (N-methyl/N-ethyl adjacent to an activating group) is 1. The molecule has 0 radical (unpaired) electrons. The van der Waals surface area contributed by atoms with Gasteiger partial charge in [-0.2, -0.15) is 0 Å². The SMILES string of the molecule is CCN(CC)CCNC(=O)C(C)c1ccc(CC(C)C)cc1. The molecule has 0 saturated heterocycles. The molecule has 124 valence electrons. The summed E-state index contributed by atoms with van der Waals surface area (Å²) in [7, 11) is 0. The Hall–Kier alpha value is -1.35. The summed E-state index contributed by atoms with van der Waals surface area (Å²) in [6, 6.07) is 8.47. The van der Waals surface area contributed by atoms with E-state index in [9.17, 15) is 4.79 Å². The van der Waals surface area contributed by atoms with Gasteiger partial charge in [0.25, 0.3) is 0 Å². The average molecular weight is 304 g/mol. The van der Waals surface area contributed by atoms with Crippen LogP contribution in [0.25, 0.3) is 0 Å². The minimum Gasteiger partial charge on any atom is -0.354 e. The highest BCUT2D eigenvalue weighted by molar-refractivity contribution is 5.83. The summed E-state index contributed by atoms with van der Waals surface area (Å²) in [6.07, 6.45) is 1.09. The molecule has 0 aliphatic heterocycles. The Labute approximate surface area is 136 Å². The van der Waals surface area contributed by atoms with E-state index < -0.39 is 0 Å². The quantitative estimate of drug-likeness (QED) is 0.758. The Kier molecular flexibility index (Phi) is 8.18. The van der Waals surface area contributed by atoms with E-state index in [1.807, 2.05) is 6.92 Å². The number of amides is 1. The topological polar surface area (TPSA) is 32.3 Å². The van der Waals surface area contributed by atoms with E-state index in [-0.39, 0.29) is 11.8 Å². The van der Waals surface area contributed by atoms with Crippen LogP contribution in [0.4, 0.5) is 0 Å². The van der Waals surface area contributed by atoms with Crippen molar-refractivity contribution in [2.24, 2.45) is 5.92 Å². The van der Waals surface area contributed by atoms with Gasteiger partial charge in [0.05, 0.1) is 5.92 Å². The smallest absolute Gasteiger partial charge is 0.227 e. The zero-order valence-electron chi connectivity index (χ0n) is 14.9. The molecule has 3 nitrogen and oxygen atoms in total. The fourth-order valence-corrected chi connectivity index (χ4v) is 2.60. The second-order valence-electron chi connectivity index (χ2n) is 6.38. The van der Waals surface area contributed by atoms with Crippen LogP contribution in [-0.4, -0.2) is 37.0 Å². The van der Waals surface area contributed by atoms with E-state index in [0.29, 0.717) is 5.92 Å². The molecule has 1 unspecified atom stereocenters. The fourth-order valence-electron chi connectivity index (χ4n) is 2.60. The minimum absolute atomic E-state index is 0.0928. The first-order valence-electron chi connectivity index (χ1n) is 8.56. The molecule has 0 fully saturated rings. The zero-order chi connectivity index (χ0) is 16.5. The lowest BCUT2D eigenvalue weighted by molar-refractivity contribution is -0.122. The second kappa shape index (κ2) is 9.62. The lowest BCUT2D eigenvalue weighted by Crippen LogP contribution is -2.36. The third-order valence-electron chi connectivity index (χ3n) is 4.14. The summed E-state index contributed by atoms with van der Waals surface area (Å²) in [5.74, 6) is 0.681. The van der Waals surface area contributed by atoms with Gasteiger partial charge in [0, 0.05) is 13.1 Å². The fraction of sp³-hybridized carbons (Fsp3) is 0.632. The molecule has 0 aromatic heterocycles. The Balaban J connectivity index is 2.48. The molecule has 0 heterocycles. The molecular formula is C19H32N2O. The summed E-state index contributed by atoms with van der Waals surface area (Å²) < 4.78 is 0. The summed E-state index contributed by atoms with van der Waals surface area (Å²) in [6.45, 7) is 14.4. The number of benzene rings is 1. The van der Waals surface area contributed by atoms with E-state index in [1.165, 1.54) is 5.56 Å². The minimum atomic E-state index is -0.0928. The van der Waals surface area contributed by atoms with Crippen molar-refractivity contribution in [2.45, 2.75) is 47.0 Å². The average Bonchev–Trinajstić information content (AvgIpc) is 2.51. The van der Waals surface area contributed by atoms with Crippen molar-refractivity contribution in [3.8, 4) is 0 Å². The molecule has 1 amide bonds. The maximum atomic E-state index is 12.2. The van der Waals surface area contributed by atoms with Crippen LogP contribution in [0.3, 0.4) is 0 Å². The Morgan fingerprint density at radius 1 is 1.09 bits per heavy atom. The van der Waals surface area contributed by atoms with Gasteiger partial charge in [0.2, 0.25) is 5.91 Å². The van der Waals surface area contributed by atoms with Crippen LogP contribution in [0, 0.1) is 5.92 Å². The van der Waals surface area contributed by atoms with Crippen molar-refractivity contribution >= 4 is 5.91 Å². The molecule has 3 heteroatoms. The molecule has 0 aliphatic rings. The van der Waals surface area contributed by atoms with Gasteiger partial charge in [-0.25, -0.2) is 0 Å². The first-order valence-corrected chi connectivity index (χ1v) is 8.56. The lowest BCUT2D eigenvalue weighted by atomic mass is 9.96. The van der Waals surface area contributed by atoms with Gasteiger partial charge in [-0.3, -0.25) is 4.79 Å². The van der Waals surface area contributed by atoms with Crippen LogP contribution >= 0.6 is 0 Å². The number of nitrogens with zero attached hydrogens (tertiary/aromatic N) is 1. The van der Waals surface area contributed by atoms with Gasteiger partial charge in [0.1, 0.15) is 0 Å². The molecule has 1 aromatic rings. The van der Waals surface area contributed by atoms with Crippen LogP contribution in [-0.2, 0) is 11.2 Å².